The normalized spacial score (nSPS) is 22.5. The van der Waals surface area contributed by atoms with Crippen molar-refractivity contribution in [2.75, 3.05) is 4.90 Å². The number of nitro benzene ring substituents is 1. The highest BCUT2D eigenvalue weighted by Gasteiger charge is 2.51. The Morgan fingerprint density at radius 2 is 1.77 bits per heavy atom. The number of nitriles is 1. The predicted molar refractivity (Wildman–Crippen MR) is 161 cm³/mol. The number of halogens is 1. The molecule has 1 amide bonds. The monoisotopic (exact) mass is 610 g/mol. The smallest absolute Gasteiger partial charge is 0.271 e. The van der Waals surface area contributed by atoms with Crippen LogP contribution in [0.1, 0.15) is 49.8 Å². The molecule has 44 heavy (non-hydrogen) atoms. The van der Waals surface area contributed by atoms with Crippen molar-refractivity contribution in [3.05, 3.63) is 122 Å². The van der Waals surface area contributed by atoms with Crippen LogP contribution in [-0.4, -0.2) is 22.7 Å². The Balaban J connectivity index is 1.32. The second kappa shape index (κ2) is 10.8. The van der Waals surface area contributed by atoms with Crippen molar-refractivity contribution < 1.29 is 24.0 Å². The number of ketones is 1. The van der Waals surface area contributed by atoms with Gasteiger partial charge in [-0.2, -0.15) is 5.26 Å². The Kier molecular flexibility index (Phi) is 7.14. The molecule has 0 bridgehead atoms. The molecule has 1 saturated heterocycles. The van der Waals surface area contributed by atoms with Crippen LogP contribution in [0.3, 0.4) is 0 Å². The summed E-state index contributed by atoms with van der Waals surface area (Å²) in [6, 6.07) is 21.1. The van der Waals surface area contributed by atoms with Gasteiger partial charge < -0.3 is 15.2 Å². The van der Waals surface area contributed by atoms with Crippen molar-refractivity contribution in [3.8, 4) is 11.8 Å². The summed E-state index contributed by atoms with van der Waals surface area (Å²) in [6.45, 7) is 3.96. The van der Waals surface area contributed by atoms with Crippen molar-refractivity contribution in [3.63, 3.8) is 0 Å². The van der Waals surface area contributed by atoms with Crippen LogP contribution in [0.5, 0.6) is 5.75 Å². The topological polar surface area (TPSA) is 149 Å². The zero-order valence-corrected chi connectivity index (χ0v) is 24.6. The predicted octanol–water partition coefficient (Wildman–Crippen LogP) is 6.23. The molecule has 2 aliphatic heterocycles. The molecule has 0 saturated carbocycles. The molecule has 6 rings (SSSR count). The van der Waals surface area contributed by atoms with Crippen molar-refractivity contribution in [2.24, 2.45) is 11.1 Å². The highest BCUT2D eigenvalue weighted by Crippen LogP contribution is 2.48. The van der Waals surface area contributed by atoms with Gasteiger partial charge in [-0.3, -0.25) is 24.6 Å². The van der Waals surface area contributed by atoms with Crippen LogP contribution < -0.4 is 15.4 Å². The third-order valence-electron chi connectivity index (χ3n) is 8.13. The van der Waals surface area contributed by atoms with E-state index in [1.165, 1.54) is 17.0 Å². The Morgan fingerprint density at radius 1 is 1.07 bits per heavy atom. The molecule has 1 fully saturated rings. The first kappa shape index (κ1) is 29.0. The summed E-state index contributed by atoms with van der Waals surface area (Å²) in [4.78, 5) is 39.2. The number of amides is 1. The number of Topliss-reactive ketones (excluding diaryl/α,β-unsaturated/α-hetero) is 1. The number of anilines is 1. The summed E-state index contributed by atoms with van der Waals surface area (Å²) in [5, 5.41) is 21.9. The summed E-state index contributed by atoms with van der Waals surface area (Å²) in [5.41, 5.74) is 8.09. The van der Waals surface area contributed by atoms with E-state index >= 15 is 0 Å². The molecule has 3 atom stereocenters. The van der Waals surface area contributed by atoms with Crippen LogP contribution in [0, 0.1) is 26.9 Å². The molecule has 0 spiro atoms. The average molecular weight is 611 g/mol. The first-order chi connectivity index (χ1) is 21.0. The minimum Gasteiger partial charge on any atom is -0.478 e. The maximum absolute atomic E-state index is 13.5. The maximum atomic E-state index is 13.5. The second-order valence-corrected chi connectivity index (χ2v) is 12.2. The molecule has 0 radical (unpaired) electrons. The summed E-state index contributed by atoms with van der Waals surface area (Å²) in [6.07, 6.45) is -0.139. The number of nitro groups is 1. The van der Waals surface area contributed by atoms with Gasteiger partial charge in [-0.25, -0.2) is 0 Å². The van der Waals surface area contributed by atoms with E-state index in [-0.39, 0.29) is 34.2 Å². The zero-order chi connectivity index (χ0) is 31.3. The molecular formula is C33H27ClN4O6. The maximum Gasteiger partial charge on any atom is 0.271 e. The Hall–Kier alpha value is -5.14. The van der Waals surface area contributed by atoms with Gasteiger partial charge in [-0.05, 0) is 52.9 Å². The number of allylic oxidation sites excluding steroid dienone is 3. The van der Waals surface area contributed by atoms with Gasteiger partial charge in [0.05, 0.1) is 10.8 Å². The summed E-state index contributed by atoms with van der Waals surface area (Å²) in [5.74, 6) is -0.288. The molecular weight excluding hydrogens is 584 g/mol. The van der Waals surface area contributed by atoms with Crippen molar-refractivity contribution >= 4 is 34.7 Å². The quantitative estimate of drug-likeness (QED) is 0.196. The lowest BCUT2D eigenvalue weighted by atomic mass is 9.70. The average Bonchev–Trinajstić information content (AvgIpc) is 2.98. The highest BCUT2D eigenvalue weighted by atomic mass is 35.5. The van der Waals surface area contributed by atoms with E-state index in [4.69, 9.17) is 26.8 Å². The van der Waals surface area contributed by atoms with Crippen LogP contribution in [0.4, 0.5) is 11.4 Å². The fourth-order valence-corrected chi connectivity index (χ4v) is 6.24. The van der Waals surface area contributed by atoms with Crippen LogP contribution in [0.25, 0.3) is 0 Å². The number of β-lactam (4-membered cyclic amide) rings is 1. The van der Waals surface area contributed by atoms with Gasteiger partial charge >= 0.3 is 0 Å². The highest BCUT2D eigenvalue weighted by molar-refractivity contribution is 6.30. The van der Waals surface area contributed by atoms with Gasteiger partial charge in [0.2, 0.25) is 12.0 Å². The number of hydrogen-bond donors (Lipinski definition) is 1. The molecule has 3 aromatic carbocycles. The largest absolute Gasteiger partial charge is 0.478 e. The van der Waals surface area contributed by atoms with Gasteiger partial charge in [-0.1, -0.05) is 49.7 Å². The van der Waals surface area contributed by atoms with Crippen LogP contribution >= 0.6 is 11.6 Å². The van der Waals surface area contributed by atoms with E-state index in [2.05, 4.69) is 6.07 Å². The van der Waals surface area contributed by atoms with E-state index in [1.54, 1.807) is 60.7 Å². The number of non-ortho nitro benzene ring substituents is 1. The van der Waals surface area contributed by atoms with Crippen molar-refractivity contribution in [1.82, 2.24) is 0 Å². The van der Waals surface area contributed by atoms with E-state index in [9.17, 15) is 25.0 Å². The van der Waals surface area contributed by atoms with Crippen LogP contribution in [-0.2, 0) is 14.3 Å². The Bertz CT molecular complexity index is 1810. The van der Waals surface area contributed by atoms with Crippen molar-refractivity contribution in [2.45, 2.75) is 44.8 Å². The van der Waals surface area contributed by atoms with Crippen molar-refractivity contribution in [1.29, 1.82) is 5.26 Å². The van der Waals surface area contributed by atoms with Gasteiger partial charge in [0.1, 0.15) is 29.2 Å². The zero-order valence-electron chi connectivity index (χ0n) is 23.8. The molecule has 3 aromatic rings. The third kappa shape index (κ3) is 5.05. The van der Waals surface area contributed by atoms with E-state index in [0.717, 1.165) is 0 Å². The minimum absolute atomic E-state index is 0.0239. The second-order valence-electron chi connectivity index (χ2n) is 11.8. The molecule has 222 valence electrons. The lowest BCUT2D eigenvalue weighted by Crippen LogP contribution is -2.61. The van der Waals surface area contributed by atoms with E-state index in [1.807, 2.05) is 13.8 Å². The van der Waals surface area contributed by atoms with Crippen LogP contribution in [0.15, 0.2) is 95.6 Å². The van der Waals surface area contributed by atoms with E-state index in [0.29, 0.717) is 51.8 Å². The number of nitrogens with two attached hydrogens (primary N) is 1. The Morgan fingerprint density at radius 3 is 2.43 bits per heavy atom. The lowest BCUT2D eigenvalue weighted by Gasteiger charge is -2.46. The molecule has 1 unspecified atom stereocenters. The number of carbonyl (C=O) groups is 2. The van der Waals surface area contributed by atoms with Gasteiger partial charge in [-0.15, -0.1) is 0 Å². The van der Waals surface area contributed by atoms with Crippen LogP contribution in [0.2, 0.25) is 5.02 Å². The molecule has 2 heterocycles. The molecule has 11 heteroatoms. The van der Waals surface area contributed by atoms with Gasteiger partial charge in [0, 0.05) is 41.3 Å². The van der Waals surface area contributed by atoms with E-state index < -0.39 is 23.0 Å². The molecule has 1 aliphatic carbocycles. The fourth-order valence-electron chi connectivity index (χ4n) is 6.12. The summed E-state index contributed by atoms with van der Waals surface area (Å²) < 4.78 is 12.0. The molecule has 0 aromatic heterocycles. The van der Waals surface area contributed by atoms with Gasteiger partial charge in [0.25, 0.3) is 11.6 Å². The third-order valence-corrected chi connectivity index (χ3v) is 8.38. The fraction of sp³-hybridized carbons (Fsp3) is 0.242. The number of rotatable bonds is 6. The lowest BCUT2D eigenvalue weighted by molar-refractivity contribution is -0.384. The summed E-state index contributed by atoms with van der Waals surface area (Å²) in [7, 11) is 0. The van der Waals surface area contributed by atoms with Gasteiger partial charge in [0.15, 0.2) is 5.78 Å². The minimum atomic E-state index is -0.969. The first-order valence-electron chi connectivity index (χ1n) is 13.9. The number of nitrogens with zero attached hydrogens (tertiary/aromatic N) is 3. The molecule has 2 N–H and O–H groups in total. The standard InChI is InChI=1S/C33H27ClN4O6/c1-33(2)15-25(39)28-26(16-33)44-31(36)24(17-35)27(28)18-6-12-23(13-7-18)43-30-29(19-4-3-5-22(14-19)38(41)42)37(32(30)40)21-10-8-20(34)9-11-21/h3-14,27,29-30H,15-16,36H2,1-2H3/t27?,29-,30+/m0/s1. The molecule has 10 nitrogen and oxygen atoms in total. The molecule has 3 aliphatic rings. The number of ether oxygens (including phenoxy) is 2. The number of carbonyl (C=O) groups excluding carboxylic acids is 2. The number of benzene rings is 3. The number of hydrogen-bond acceptors (Lipinski definition) is 8. The SMILES string of the molecule is CC1(C)CC(=O)C2=C(C1)OC(N)=C(C#N)C2c1ccc(O[C@H]2C(=O)N(c3ccc(Cl)cc3)[C@H]2c2cccc([N+](=O)[O-])c2)cc1. The Labute approximate surface area is 258 Å². The first-order valence-corrected chi connectivity index (χ1v) is 14.3. The summed E-state index contributed by atoms with van der Waals surface area (Å²) >= 11 is 6.05.